The summed E-state index contributed by atoms with van der Waals surface area (Å²) in [6.45, 7) is 3.56. The van der Waals surface area contributed by atoms with Crippen LogP contribution in [0.25, 0.3) is 0 Å². The van der Waals surface area contributed by atoms with E-state index < -0.39 is 21.4 Å². The molecule has 0 spiro atoms. The molecule has 2 saturated heterocycles. The quantitative estimate of drug-likeness (QED) is 0.826. The zero-order valence-electron chi connectivity index (χ0n) is 12.3. The zero-order chi connectivity index (χ0) is 16.0. The lowest BCUT2D eigenvalue weighted by molar-refractivity contribution is -0.148. The van der Waals surface area contributed by atoms with Crippen molar-refractivity contribution in [1.29, 1.82) is 0 Å². The van der Waals surface area contributed by atoms with Gasteiger partial charge < -0.3 is 5.11 Å². The van der Waals surface area contributed by atoms with E-state index in [9.17, 15) is 18.3 Å². The molecule has 3 rings (SSSR count). The van der Waals surface area contributed by atoms with Gasteiger partial charge in [-0.25, -0.2) is 17.7 Å². The molecule has 9 heteroatoms. The first kappa shape index (κ1) is 15.9. The van der Waals surface area contributed by atoms with Crippen molar-refractivity contribution in [1.82, 2.24) is 14.2 Å². The van der Waals surface area contributed by atoms with E-state index >= 15 is 0 Å². The minimum Gasteiger partial charge on any atom is -0.481 e. The predicted molar refractivity (Wildman–Crippen MR) is 82.0 cm³/mol. The third kappa shape index (κ3) is 2.55. The van der Waals surface area contributed by atoms with Crippen LogP contribution in [0, 0.1) is 11.3 Å². The van der Waals surface area contributed by atoms with Gasteiger partial charge in [0.1, 0.15) is 0 Å². The molecule has 22 heavy (non-hydrogen) atoms. The maximum atomic E-state index is 12.0. The Bertz CT molecular complexity index is 661. The summed E-state index contributed by atoms with van der Waals surface area (Å²) in [5.41, 5.74) is 1.70. The van der Waals surface area contributed by atoms with Crippen LogP contribution < -0.4 is 0 Å². The lowest BCUT2D eigenvalue weighted by atomic mass is 9.81. The van der Waals surface area contributed by atoms with Gasteiger partial charge in [0.2, 0.25) is 10.0 Å². The fourth-order valence-corrected chi connectivity index (χ4v) is 5.23. The van der Waals surface area contributed by atoms with Gasteiger partial charge in [0.05, 0.1) is 22.4 Å². The van der Waals surface area contributed by atoms with Crippen LogP contribution in [0.3, 0.4) is 0 Å². The maximum absolute atomic E-state index is 12.0. The molecule has 7 nitrogen and oxygen atoms in total. The second-order valence-electron chi connectivity index (χ2n) is 6.00. The van der Waals surface area contributed by atoms with Crippen molar-refractivity contribution in [2.75, 3.05) is 31.9 Å². The second-order valence-corrected chi connectivity index (χ2v) is 8.98. The van der Waals surface area contributed by atoms with Crippen molar-refractivity contribution in [2.24, 2.45) is 11.3 Å². The topological polar surface area (TPSA) is 90.8 Å². The van der Waals surface area contributed by atoms with Gasteiger partial charge in [0.15, 0.2) is 0 Å². The Morgan fingerprint density at radius 2 is 2.27 bits per heavy atom. The van der Waals surface area contributed by atoms with Gasteiger partial charge >= 0.3 is 5.97 Å². The van der Waals surface area contributed by atoms with Gasteiger partial charge in [-0.05, 0) is 6.92 Å². The number of carboxylic acid groups (broad SMARTS) is 1. The van der Waals surface area contributed by atoms with Crippen LogP contribution >= 0.6 is 11.3 Å². The number of nitrogens with zero attached hydrogens (tertiary/aromatic N) is 3. The average Bonchev–Trinajstić information content (AvgIpc) is 3.13. The second kappa shape index (κ2) is 5.55. The van der Waals surface area contributed by atoms with Crippen LogP contribution in [0.4, 0.5) is 0 Å². The van der Waals surface area contributed by atoms with Gasteiger partial charge in [-0.3, -0.25) is 9.69 Å². The smallest absolute Gasteiger partial charge is 0.312 e. The lowest BCUT2D eigenvalue weighted by Crippen LogP contribution is -2.42. The first-order valence-electron chi connectivity index (χ1n) is 7.18. The average molecular weight is 345 g/mol. The standard InChI is InChI=1S/C13H19N3O4S2/c1-2-22(19,20)16-4-10-3-15(5-11-6-21-9-14-11)7-13(10,8-16)12(17)18/h6,9-10H,2-5,7-8H2,1H3,(H,17,18)/t10-,13-/m0/s1. The number of carbonyl (C=O) groups is 1. The molecular formula is C13H19N3O4S2. The van der Waals surface area contributed by atoms with E-state index in [1.807, 2.05) is 5.38 Å². The fraction of sp³-hybridized carbons (Fsp3) is 0.692. The lowest BCUT2D eigenvalue weighted by Gasteiger charge is -2.24. The molecule has 0 amide bonds. The minimum absolute atomic E-state index is 0.0119. The van der Waals surface area contributed by atoms with Crippen molar-refractivity contribution in [3.8, 4) is 0 Å². The van der Waals surface area contributed by atoms with E-state index in [-0.39, 0.29) is 18.2 Å². The van der Waals surface area contributed by atoms with Gasteiger partial charge in [-0.1, -0.05) is 0 Å². The highest BCUT2D eigenvalue weighted by atomic mass is 32.2. The maximum Gasteiger partial charge on any atom is 0.312 e. The summed E-state index contributed by atoms with van der Waals surface area (Å²) in [5.74, 6) is -1.05. The highest BCUT2D eigenvalue weighted by Gasteiger charge is 2.59. The highest BCUT2D eigenvalue weighted by Crippen LogP contribution is 2.44. The van der Waals surface area contributed by atoms with Crippen LogP contribution in [0.5, 0.6) is 0 Å². The highest BCUT2D eigenvalue weighted by molar-refractivity contribution is 7.89. The molecule has 0 aliphatic carbocycles. The molecule has 3 heterocycles. The first-order valence-corrected chi connectivity index (χ1v) is 9.73. The Morgan fingerprint density at radius 1 is 1.50 bits per heavy atom. The fourth-order valence-electron chi connectivity index (χ4n) is 3.49. The van der Waals surface area contributed by atoms with Crippen LogP contribution in [-0.2, 0) is 21.4 Å². The molecule has 0 saturated carbocycles. The van der Waals surface area contributed by atoms with Crippen molar-refractivity contribution in [3.05, 3.63) is 16.6 Å². The summed E-state index contributed by atoms with van der Waals surface area (Å²) < 4.78 is 25.4. The number of carboxylic acids is 1. The Kier molecular flexibility index (Phi) is 4.00. The number of aliphatic carboxylic acids is 1. The largest absolute Gasteiger partial charge is 0.481 e. The van der Waals surface area contributed by atoms with E-state index in [0.717, 1.165) is 5.69 Å². The number of sulfonamides is 1. The van der Waals surface area contributed by atoms with Crippen LogP contribution in [-0.4, -0.2) is 65.6 Å². The number of fused-ring (bicyclic) bond motifs is 1. The van der Waals surface area contributed by atoms with Gasteiger partial charge in [0, 0.05) is 44.0 Å². The summed E-state index contributed by atoms with van der Waals surface area (Å²) in [6.07, 6.45) is 0. The third-order valence-corrected chi connectivity index (χ3v) is 7.13. The molecule has 2 aliphatic rings. The molecule has 2 aliphatic heterocycles. The van der Waals surface area contributed by atoms with Crippen LogP contribution in [0.1, 0.15) is 12.6 Å². The molecule has 2 fully saturated rings. The normalized spacial score (nSPS) is 29.8. The van der Waals surface area contributed by atoms with Crippen LogP contribution in [0.15, 0.2) is 10.9 Å². The molecular weight excluding hydrogens is 326 g/mol. The molecule has 0 unspecified atom stereocenters. The summed E-state index contributed by atoms with van der Waals surface area (Å²) in [4.78, 5) is 18.2. The number of rotatable bonds is 5. The van der Waals surface area contributed by atoms with Crippen molar-refractivity contribution in [3.63, 3.8) is 0 Å². The first-order chi connectivity index (χ1) is 10.4. The Hall–Kier alpha value is -1.03. The Morgan fingerprint density at radius 3 is 2.82 bits per heavy atom. The molecule has 1 aromatic rings. The summed E-state index contributed by atoms with van der Waals surface area (Å²) in [5, 5.41) is 11.7. The van der Waals surface area contributed by atoms with E-state index in [0.29, 0.717) is 26.2 Å². The zero-order valence-corrected chi connectivity index (χ0v) is 13.9. The van der Waals surface area contributed by atoms with E-state index in [2.05, 4.69) is 9.88 Å². The van der Waals surface area contributed by atoms with E-state index in [4.69, 9.17) is 0 Å². The SMILES string of the molecule is CCS(=O)(=O)N1C[C@@H]2CN(Cc3cscn3)C[C@]2(C(=O)O)C1. The van der Waals surface area contributed by atoms with E-state index in [1.165, 1.54) is 15.6 Å². The van der Waals surface area contributed by atoms with Crippen molar-refractivity contribution < 1.29 is 18.3 Å². The van der Waals surface area contributed by atoms with Crippen molar-refractivity contribution in [2.45, 2.75) is 13.5 Å². The molecule has 1 aromatic heterocycles. The molecule has 122 valence electrons. The summed E-state index contributed by atoms with van der Waals surface area (Å²) in [7, 11) is -3.34. The van der Waals surface area contributed by atoms with Gasteiger partial charge in [-0.15, -0.1) is 11.3 Å². The van der Waals surface area contributed by atoms with Gasteiger partial charge in [0.25, 0.3) is 0 Å². The molecule has 1 N–H and O–H groups in total. The predicted octanol–water partition coefficient (Wildman–Crippen LogP) is 0.311. The number of likely N-dealkylation sites (tertiary alicyclic amines) is 1. The number of hydrogen-bond donors (Lipinski definition) is 1. The van der Waals surface area contributed by atoms with Crippen LogP contribution in [0.2, 0.25) is 0 Å². The van der Waals surface area contributed by atoms with E-state index in [1.54, 1.807) is 12.4 Å². The summed E-state index contributed by atoms with van der Waals surface area (Å²) in [6, 6.07) is 0. The monoisotopic (exact) mass is 345 g/mol. The molecule has 0 radical (unpaired) electrons. The third-order valence-electron chi connectivity index (χ3n) is 4.70. The van der Waals surface area contributed by atoms with Gasteiger partial charge in [-0.2, -0.15) is 0 Å². The number of hydrogen-bond acceptors (Lipinski definition) is 6. The Labute approximate surface area is 133 Å². The molecule has 0 aromatic carbocycles. The Balaban J connectivity index is 1.78. The number of thiazole rings is 1. The summed E-state index contributed by atoms with van der Waals surface area (Å²) >= 11 is 1.51. The number of aromatic nitrogens is 1. The molecule has 0 bridgehead atoms. The van der Waals surface area contributed by atoms with Crippen molar-refractivity contribution >= 4 is 27.3 Å². The molecule has 2 atom stereocenters. The minimum atomic E-state index is -3.34.